The normalized spacial score (nSPS) is 19.1. The molecule has 0 bridgehead atoms. The quantitative estimate of drug-likeness (QED) is 0.847. The van der Waals surface area contributed by atoms with Gasteiger partial charge in [0.05, 0.1) is 33.9 Å². The Bertz CT molecular complexity index is 391. The Kier molecular flexibility index (Phi) is 4.98. The summed E-state index contributed by atoms with van der Waals surface area (Å²) in [7, 11) is -1.09. The van der Waals surface area contributed by atoms with Gasteiger partial charge in [0, 0.05) is 12.2 Å². The fourth-order valence-electron chi connectivity index (χ4n) is 1.65. The summed E-state index contributed by atoms with van der Waals surface area (Å²) in [6, 6.07) is 7.21. The lowest BCUT2D eigenvalue weighted by Gasteiger charge is -2.22. The van der Waals surface area contributed by atoms with Crippen molar-refractivity contribution < 1.29 is 13.7 Å². The highest BCUT2D eigenvalue weighted by Gasteiger charge is 2.16. The van der Waals surface area contributed by atoms with Crippen molar-refractivity contribution in [2.24, 2.45) is 0 Å². The summed E-state index contributed by atoms with van der Waals surface area (Å²) in [5.41, 5.74) is 0. The molecule has 0 aliphatic carbocycles. The molecule has 1 aromatic rings. The van der Waals surface area contributed by atoms with Gasteiger partial charge in [-0.05, 0) is 18.6 Å². The monoisotopic (exact) mass is 274 g/mol. The Morgan fingerprint density at radius 2 is 2.00 bits per heavy atom. The molecule has 5 heteroatoms. The second-order valence-electron chi connectivity index (χ2n) is 3.79. The van der Waals surface area contributed by atoms with Crippen LogP contribution in [0.4, 0.5) is 0 Å². The van der Waals surface area contributed by atoms with Crippen LogP contribution in [-0.4, -0.2) is 29.5 Å². The van der Waals surface area contributed by atoms with E-state index in [-0.39, 0.29) is 6.29 Å². The van der Waals surface area contributed by atoms with Gasteiger partial charge in [-0.2, -0.15) is 0 Å². The fraction of sp³-hybridized carbons (Fsp3) is 0.500. The van der Waals surface area contributed by atoms with E-state index in [0.717, 1.165) is 19.6 Å². The molecule has 0 amide bonds. The summed E-state index contributed by atoms with van der Waals surface area (Å²) in [5.74, 6) is 0.508. The molecular formula is C12H15ClO3S. The van der Waals surface area contributed by atoms with Gasteiger partial charge in [-0.1, -0.05) is 23.7 Å². The first-order valence-electron chi connectivity index (χ1n) is 5.63. The van der Waals surface area contributed by atoms with Gasteiger partial charge in [0.25, 0.3) is 0 Å². The molecule has 1 heterocycles. The maximum atomic E-state index is 12.0. The molecule has 1 unspecified atom stereocenters. The zero-order valence-corrected chi connectivity index (χ0v) is 11.0. The third-order valence-electron chi connectivity index (χ3n) is 2.52. The largest absolute Gasteiger partial charge is 0.353 e. The van der Waals surface area contributed by atoms with Crippen molar-refractivity contribution in [1.82, 2.24) is 0 Å². The molecule has 3 nitrogen and oxygen atoms in total. The van der Waals surface area contributed by atoms with E-state index in [2.05, 4.69) is 0 Å². The highest BCUT2D eigenvalue weighted by atomic mass is 35.5. The van der Waals surface area contributed by atoms with Crippen LogP contribution < -0.4 is 0 Å². The number of hydrogen-bond acceptors (Lipinski definition) is 3. The Morgan fingerprint density at radius 3 is 2.71 bits per heavy atom. The predicted molar refractivity (Wildman–Crippen MR) is 67.7 cm³/mol. The molecule has 1 atom stereocenters. The van der Waals surface area contributed by atoms with Crippen molar-refractivity contribution in [3.05, 3.63) is 29.3 Å². The third-order valence-corrected chi connectivity index (χ3v) is 4.41. The summed E-state index contributed by atoms with van der Waals surface area (Å²) in [4.78, 5) is 0.685. The van der Waals surface area contributed by atoms with Crippen LogP contribution >= 0.6 is 11.6 Å². The molecule has 1 fully saturated rings. The van der Waals surface area contributed by atoms with Crippen LogP contribution in [0.5, 0.6) is 0 Å². The first-order chi connectivity index (χ1) is 8.27. The molecule has 1 saturated heterocycles. The first kappa shape index (κ1) is 13.0. The minimum Gasteiger partial charge on any atom is -0.353 e. The van der Waals surface area contributed by atoms with Crippen molar-refractivity contribution in [2.45, 2.75) is 24.0 Å². The van der Waals surface area contributed by atoms with Gasteiger partial charge >= 0.3 is 0 Å². The van der Waals surface area contributed by atoms with Gasteiger partial charge in [-0.3, -0.25) is 4.21 Å². The lowest BCUT2D eigenvalue weighted by molar-refractivity contribution is -0.178. The summed E-state index contributed by atoms with van der Waals surface area (Å²) < 4.78 is 22.8. The molecule has 0 spiro atoms. The van der Waals surface area contributed by atoms with Crippen LogP contribution in [0.25, 0.3) is 0 Å². The van der Waals surface area contributed by atoms with Gasteiger partial charge in [0.1, 0.15) is 0 Å². The SMILES string of the molecule is O=S(CCC1OCCCO1)c1ccccc1Cl. The van der Waals surface area contributed by atoms with Crippen LogP contribution in [0.2, 0.25) is 5.02 Å². The smallest absolute Gasteiger partial charge is 0.158 e. The van der Waals surface area contributed by atoms with Crippen molar-refractivity contribution in [2.75, 3.05) is 19.0 Å². The minimum absolute atomic E-state index is 0.213. The molecule has 17 heavy (non-hydrogen) atoms. The van der Waals surface area contributed by atoms with Gasteiger partial charge in [-0.15, -0.1) is 0 Å². The standard InChI is InChI=1S/C12H15ClO3S/c13-10-4-1-2-5-11(10)17(14)9-6-12-15-7-3-8-16-12/h1-2,4-5,12H,3,6-9H2. The second kappa shape index (κ2) is 6.50. The number of hydrogen-bond donors (Lipinski definition) is 0. The average Bonchev–Trinajstić information content (AvgIpc) is 2.38. The lowest BCUT2D eigenvalue weighted by atomic mass is 10.4. The van der Waals surface area contributed by atoms with Crippen LogP contribution in [-0.2, 0) is 20.3 Å². The van der Waals surface area contributed by atoms with Gasteiger partial charge in [0.2, 0.25) is 0 Å². The Balaban J connectivity index is 1.87. The summed E-state index contributed by atoms with van der Waals surface area (Å²) in [6.45, 7) is 1.45. The van der Waals surface area contributed by atoms with E-state index in [4.69, 9.17) is 21.1 Å². The van der Waals surface area contributed by atoms with E-state index < -0.39 is 10.8 Å². The Labute approximate surface area is 109 Å². The zero-order valence-electron chi connectivity index (χ0n) is 9.43. The fourth-order valence-corrected chi connectivity index (χ4v) is 3.18. The average molecular weight is 275 g/mol. The van der Waals surface area contributed by atoms with Gasteiger partial charge in [-0.25, -0.2) is 0 Å². The van der Waals surface area contributed by atoms with Crippen molar-refractivity contribution in [3.63, 3.8) is 0 Å². The molecule has 0 aromatic heterocycles. The molecule has 0 saturated carbocycles. The van der Waals surface area contributed by atoms with Crippen molar-refractivity contribution in [3.8, 4) is 0 Å². The Hall–Kier alpha value is -0.420. The van der Waals surface area contributed by atoms with E-state index in [1.54, 1.807) is 12.1 Å². The summed E-state index contributed by atoms with van der Waals surface area (Å²) >= 11 is 5.99. The topological polar surface area (TPSA) is 35.5 Å². The van der Waals surface area contributed by atoms with Crippen LogP contribution in [0.15, 0.2) is 29.2 Å². The third kappa shape index (κ3) is 3.78. The first-order valence-corrected chi connectivity index (χ1v) is 7.33. The molecule has 0 radical (unpaired) electrons. The van der Waals surface area contributed by atoms with E-state index in [9.17, 15) is 4.21 Å². The second-order valence-corrected chi connectivity index (χ2v) is 5.74. The molecule has 0 N–H and O–H groups in total. The number of rotatable bonds is 4. The molecular weight excluding hydrogens is 260 g/mol. The predicted octanol–water partition coefficient (Wildman–Crippen LogP) is 2.60. The van der Waals surface area contributed by atoms with Crippen LogP contribution in [0, 0.1) is 0 Å². The van der Waals surface area contributed by atoms with Crippen LogP contribution in [0.3, 0.4) is 0 Å². The maximum absolute atomic E-state index is 12.0. The van der Waals surface area contributed by atoms with Crippen molar-refractivity contribution in [1.29, 1.82) is 0 Å². The number of ether oxygens (including phenoxy) is 2. The van der Waals surface area contributed by atoms with E-state index >= 15 is 0 Å². The maximum Gasteiger partial charge on any atom is 0.158 e. The van der Waals surface area contributed by atoms with Crippen molar-refractivity contribution >= 4 is 22.4 Å². The minimum atomic E-state index is -1.09. The highest BCUT2D eigenvalue weighted by Crippen LogP contribution is 2.20. The molecule has 2 rings (SSSR count). The van der Waals surface area contributed by atoms with E-state index in [0.29, 0.717) is 22.1 Å². The molecule has 1 aliphatic rings. The number of halogens is 1. The van der Waals surface area contributed by atoms with E-state index in [1.165, 1.54) is 0 Å². The van der Waals surface area contributed by atoms with Gasteiger partial charge in [0.15, 0.2) is 6.29 Å². The molecule has 94 valence electrons. The number of benzene rings is 1. The highest BCUT2D eigenvalue weighted by molar-refractivity contribution is 7.85. The zero-order chi connectivity index (χ0) is 12.1. The Morgan fingerprint density at radius 1 is 1.29 bits per heavy atom. The summed E-state index contributed by atoms with van der Waals surface area (Å²) in [6.07, 6.45) is 1.36. The molecule has 1 aromatic carbocycles. The van der Waals surface area contributed by atoms with Gasteiger partial charge < -0.3 is 9.47 Å². The molecule has 1 aliphatic heterocycles. The van der Waals surface area contributed by atoms with Crippen LogP contribution in [0.1, 0.15) is 12.8 Å². The van der Waals surface area contributed by atoms with E-state index in [1.807, 2.05) is 12.1 Å². The lowest BCUT2D eigenvalue weighted by Crippen LogP contribution is -2.26. The summed E-state index contributed by atoms with van der Waals surface area (Å²) in [5, 5.41) is 0.552.